The summed E-state index contributed by atoms with van der Waals surface area (Å²) in [5.74, 6) is 0.172. The van der Waals surface area contributed by atoms with Gasteiger partial charge in [-0.1, -0.05) is 47.1 Å². The first-order chi connectivity index (χ1) is 15.2. The largest absolute Gasteiger partial charge is 0.391 e. The quantitative estimate of drug-likeness (QED) is 0.585. The average Bonchev–Trinajstić information content (AvgIpc) is 3.47. The minimum atomic E-state index is -0.938. The van der Waals surface area contributed by atoms with Gasteiger partial charge in [0.15, 0.2) is 0 Å². The SMILES string of the molecule is [B][B]c1cc(C(C(=O)N2C[C@H](O)C[C@H]2C2=NC(C)(c3ccc(Br)cc3)ON2)C(C)C)on1. The summed E-state index contributed by atoms with van der Waals surface area (Å²) >= 11 is 3.43. The van der Waals surface area contributed by atoms with Crippen LogP contribution < -0.4 is 11.1 Å². The van der Waals surface area contributed by atoms with E-state index >= 15 is 0 Å². The van der Waals surface area contributed by atoms with Crippen molar-refractivity contribution in [2.45, 2.75) is 51.0 Å². The third-order valence-corrected chi connectivity index (χ3v) is 6.43. The van der Waals surface area contributed by atoms with Gasteiger partial charge < -0.3 is 14.5 Å². The van der Waals surface area contributed by atoms with E-state index in [2.05, 4.69) is 26.6 Å². The fourth-order valence-electron chi connectivity index (χ4n) is 4.21. The number of carbonyl (C=O) groups is 1. The molecular weight excluding hydrogens is 474 g/mol. The van der Waals surface area contributed by atoms with Crippen LogP contribution >= 0.6 is 15.9 Å². The van der Waals surface area contributed by atoms with Crippen LogP contribution in [0.3, 0.4) is 0 Å². The Morgan fingerprint density at radius 3 is 2.75 bits per heavy atom. The number of benzene rings is 1. The lowest BCUT2D eigenvalue weighted by Crippen LogP contribution is -2.46. The van der Waals surface area contributed by atoms with Gasteiger partial charge in [0.1, 0.15) is 24.7 Å². The molecule has 0 bridgehead atoms. The maximum atomic E-state index is 13.6. The molecule has 0 saturated carbocycles. The molecule has 2 aromatic rings. The Labute approximate surface area is 197 Å². The number of nitrogens with zero attached hydrogens (tertiary/aromatic N) is 3. The number of aliphatic imine (C=N–C) groups is 1. The zero-order chi connectivity index (χ0) is 23.0. The Bertz CT molecular complexity index is 1020. The molecule has 1 aromatic carbocycles. The van der Waals surface area contributed by atoms with Crippen LogP contribution in [0.1, 0.15) is 44.4 Å². The van der Waals surface area contributed by atoms with Crippen LogP contribution in [-0.4, -0.2) is 60.5 Å². The molecular formula is C21H24B2BrN4O4. The second-order valence-electron chi connectivity index (χ2n) is 8.63. The molecule has 2 aliphatic rings. The van der Waals surface area contributed by atoms with E-state index in [-0.39, 0.29) is 18.4 Å². The number of β-amino-alcohol motifs (C(OH)–C–C–N with tert-alkyl or cyclic N) is 1. The molecule has 0 spiro atoms. The smallest absolute Gasteiger partial charge is 0.234 e. The van der Waals surface area contributed by atoms with Gasteiger partial charge in [0.2, 0.25) is 11.6 Å². The monoisotopic (exact) mass is 497 g/mol. The molecule has 1 fully saturated rings. The average molecular weight is 498 g/mol. The summed E-state index contributed by atoms with van der Waals surface area (Å²) in [6.45, 7) is 5.94. The number of aromatic nitrogens is 1. The topological polar surface area (TPSA) is 100 Å². The Kier molecular flexibility index (Phi) is 6.51. The minimum Gasteiger partial charge on any atom is -0.391 e. The van der Waals surface area contributed by atoms with Crippen molar-refractivity contribution in [1.29, 1.82) is 0 Å². The molecule has 3 heterocycles. The van der Waals surface area contributed by atoms with Crippen LogP contribution in [0, 0.1) is 5.92 Å². The molecule has 4 rings (SSSR count). The molecule has 1 aromatic heterocycles. The Morgan fingerprint density at radius 1 is 1.41 bits per heavy atom. The molecule has 11 heteroatoms. The van der Waals surface area contributed by atoms with E-state index in [0.717, 1.165) is 10.0 Å². The highest BCUT2D eigenvalue weighted by Gasteiger charge is 2.45. The molecule has 165 valence electrons. The van der Waals surface area contributed by atoms with Crippen molar-refractivity contribution in [3.05, 3.63) is 46.1 Å². The van der Waals surface area contributed by atoms with E-state index in [1.165, 1.54) is 7.17 Å². The molecule has 2 aliphatic heterocycles. The summed E-state index contributed by atoms with van der Waals surface area (Å²) in [7, 11) is 6.85. The van der Waals surface area contributed by atoms with Crippen LogP contribution in [0.15, 0.2) is 44.3 Å². The van der Waals surface area contributed by atoms with Gasteiger partial charge in [-0.2, -0.15) is 0 Å². The summed E-state index contributed by atoms with van der Waals surface area (Å²) in [6.07, 6.45) is -0.302. The number of aliphatic hydroxyl groups excluding tert-OH is 1. The van der Waals surface area contributed by atoms with Gasteiger partial charge in [0, 0.05) is 36.3 Å². The number of likely N-dealkylation sites (tertiary alicyclic amines) is 1. The van der Waals surface area contributed by atoms with Gasteiger partial charge in [0.25, 0.3) is 0 Å². The lowest BCUT2D eigenvalue weighted by atomic mass is 9.53. The van der Waals surface area contributed by atoms with Crippen molar-refractivity contribution in [3.63, 3.8) is 0 Å². The molecule has 2 unspecified atom stereocenters. The molecule has 3 radical (unpaired) electrons. The standard InChI is InChI=1S/C21H24B2BrN4O4/c1-11(2)18(16-9-17(23-22)26-31-16)20(30)28-10-14(29)8-15(28)19-25-21(3,32-27-19)12-4-6-13(24)7-5-12/h4-7,9,11,14-15,18,29H,8,10H2,1-3H3,(H,25,27)/t14-,15+,18?,21?/m1/s1. The molecule has 1 saturated heterocycles. The Balaban J connectivity index is 1.61. The highest BCUT2D eigenvalue weighted by molar-refractivity contribution is 9.10. The summed E-state index contributed by atoms with van der Waals surface area (Å²) in [5, 5.41) is 14.3. The van der Waals surface area contributed by atoms with Crippen LogP contribution in [0.2, 0.25) is 0 Å². The maximum Gasteiger partial charge on any atom is 0.234 e. The number of hydrogen-bond donors (Lipinski definition) is 2. The predicted octanol–water partition coefficient (Wildman–Crippen LogP) is 1.36. The number of hydroxylamine groups is 1. The fourth-order valence-corrected chi connectivity index (χ4v) is 4.48. The number of halogens is 1. The van der Waals surface area contributed by atoms with Crippen molar-refractivity contribution in [1.82, 2.24) is 15.5 Å². The summed E-state index contributed by atoms with van der Waals surface area (Å²) < 4.78 is 6.36. The number of carbonyl (C=O) groups excluding carboxylic acids is 1. The number of hydrogen-bond acceptors (Lipinski definition) is 7. The van der Waals surface area contributed by atoms with Crippen LogP contribution in [0.5, 0.6) is 0 Å². The molecule has 0 aliphatic carbocycles. The third-order valence-electron chi connectivity index (χ3n) is 5.90. The van der Waals surface area contributed by atoms with E-state index in [0.29, 0.717) is 23.6 Å². The van der Waals surface area contributed by atoms with E-state index in [1.54, 1.807) is 11.0 Å². The van der Waals surface area contributed by atoms with Crippen molar-refractivity contribution in [3.8, 4) is 0 Å². The first-order valence-electron chi connectivity index (χ1n) is 10.5. The van der Waals surface area contributed by atoms with E-state index in [1.807, 2.05) is 45.0 Å². The van der Waals surface area contributed by atoms with E-state index in [9.17, 15) is 9.90 Å². The van der Waals surface area contributed by atoms with Crippen LogP contribution in [0.4, 0.5) is 0 Å². The fraction of sp³-hybridized carbons (Fsp3) is 0.476. The van der Waals surface area contributed by atoms with Gasteiger partial charge in [-0.3, -0.25) is 4.79 Å². The van der Waals surface area contributed by atoms with Gasteiger partial charge >= 0.3 is 0 Å². The minimum absolute atomic E-state index is 0.0535. The second kappa shape index (κ2) is 9.03. The van der Waals surface area contributed by atoms with E-state index < -0.39 is 23.8 Å². The van der Waals surface area contributed by atoms with Crippen LogP contribution in [0.25, 0.3) is 0 Å². The van der Waals surface area contributed by atoms with Gasteiger partial charge in [-0.15, -0.1) is 0 Å². The summed E-state index contributed by atoms with van der Waals surface area (Å²) in [4.78, 5) is 25.9. The highest BCUT2D eigenvalue weighted by Crippen LogP contribution is 2.35. The highest BCUT2D eigenvalue weighted by atomic mass is 79.9. The van der Waals surface area contributed by atoms with Gasteiger partial charge in [-0.05, 0) is 31.0 Å². The Hall–Kier alpha value is -2.10. The molecule has 32 heavy (non-hydrogen) atoms. The van der Waals surface area contributed by atoms with Crippen molar-refractivity contribution < 1.29 is 19.3 Å². The number of nitrogens with one attached hydrogen (secondary N) is 1. The van der Waals surface area contributed by atoms with Crippen molar-refractivity contribution in [2.75, 3.05) is 6.54 Å². The van der Waals surface area contributed by atoms with Gasteiger partial charge in [-0.25, -0.2) is 15.3 Å². The summed E-state index contributed by atoms with van der Waals surface area (Å²) in [5.41, 5.74) is 3.30. The Morgan fingerprint density at radius 2 is 2.12 bits per heavy atom. The first kappa shape index (κ1) is 23.1. The number of amidine groups is 1. The number of aliphatic hydroxyl groups is 1. The lowest BCUT2D eigenvalue weighted by molar-refractivity contribution is -0.134. The molecule has 1 amide bonds. The number of amides is 1. The zero-order valence-electron chi connectivity index (χ0n) is 18.2. The summed E-state index contributed by atoms with van der Waals surface area (Å²) in [6, 6.07) is 8.92. The maximum absolute atomic E-state index is 13.6. The van der Waals surface area contributed by atoms with Crippen molar-refractivity contribution in [2.24, 2.45) is 10.9 Å². The molecule has 2 N–H and O–H groups in total. The third kappa shape index (κ3) is 4.38. The first-order valence-corrected chi connectivity index (χ1v) is 11.3. The van der Waals surface area contributed by atoms with Crippen LogP contribution in [-0.2, 0) is 15.4 Å². The van der Waals surface area contributed by atoms with Crippen molar-refractivity contribution >= 4 is 48.2 Å². The van der Waals surface area contributed by atoms with E-state index in [4.69, 9.17) is 22.1 Å². The predicted molar refractivity (Wildman–Crippen MR) is 124 cm³/mol. The zero-order valence-corrected chi connectivity index (χ0v) is 19.7. The normalized spacial score (nSPS) is 26.2. The molecule has 4 atom stereocenters. The molecule has 8 nitrogen and oxygen atoms in total. The van der Waals surface area contributed by atoms with Gasteiger partial charge in [0.05, 0.1) is 12.1 Å². The second-order valence-corrected chi connectivity index (χ2v) is 9.55. The lowest BCUT2D eigenvalue weighted by Gasteiger charge is -2.29. The number of rotatable bonds is 6.